The zero-order valence-electron chi connectivity index (χ0n) is 52.0. The van der Waals surface area contributed by atoms with Crippen LogP contribution < -0.4 is 5.32 Å². The normalized spacial score (nSPS) is 12.7. The number of hydrogen-bond acceptors (Lipinski definition) is 5. The fourth-order valence-corrected chi connectivity index (χ4v) is 10.8. The maximum absolute atomic E-state index is 12.5. The molecule has 0 aromatic heterocycles. The second-order valence-corrected chi connectivity index (χ2v) is 23.9. The van der Waals surface area contributed by atoms with Crippen LogP contribution in [0.4, 0.5) is 0 Å². The number of nitrogens with one attached hydrogen (secondary N) is 1. The van der Waals surface area contributed by atoms with E-state index < -0.39 is 12.1 Å². The first-order valence-corrected chi connectivity index (χ1v) is 34.8. The van der Waals surface area contributed by atoms with Gasteiger partial charge in [-0.1, -0.05) is 339 Å². The second-order valence-electron chi connectivity index (χ2n) is 23.9. The lowest BCUT2D eigenvalue weighted by molar-refractivity contribution is -0.143. The summed E-state index contributed by atoms with van der Waals surface area (Å²) in [5, 5.41) is 23.2. The van der Waals surface area contributed by atoms with Crippen LogP contribution in [-0.4, -0.2) is 47.4 Å². The van der Waals surface area contributed by atoms with Crippen molar-refractivity contribution in [3.63, 3.8) is 0 Å². The molecular formula is C71H135NO5. The number of esters is 1. The molecule has 0 aliphatic carbocycles. The Hall–Kier alpha value is -1.92. The molecule has 6 nitrogen and oxygen atoms in total. The van der Waals surface area contributed by atoms with E-state index in [1.165, 1.54) is 308 Å². The van der Waals surface area contributed by atoms with Crippen molar-refractivity contribution in [2.45, 2.75) is 392 Å². The highest BCUT2D eigenvalue weighted by molar-refractivity contribution is 5.76. The van der Waals surface area contributed by atoms with Gasteiger partial charge in [0.25, 0.3) is 0 Å². The van der Waals surface area contributed by atoms with Crippen molar-refractivity contribution in [2.24, 2.45) is 0 Å². The largest absolute Gasteiger partial charge is 0.466 e. The zero-order valence-corrected chi connectivity index (χ0v) is 52.0. The van der Waals surface area contributed by atoms with Gasteiger partial charge in [-0.3, -0.25) is 9.59 Å². The van der Waals surface area contributed by atoms with Gasteiger partial charge in [0.1, 0.15) is 0 Å². The van der Waals surface area contributed by atoms with Crippen molar-refractivity contribution in [1.82, 2.24) is 5.32 Å². The van der Waals surface area contributed by atoms with Crippen LogP contribution in [0, 0.1) is 0 Å². The number of aliphatic hydroxyl groups excluding tert-OH is 2. The van der Waals surface area contributed by atoms with E-state index in [1.54, 1.807) is 6.08 Å². The molecule has 454 valence electrons. The fraction of sp³-hybridized carbons (Fsp3) is 0.887. The molecule has 3 N–H and O–H groups in total. The Labute approximate surface area is 481 Å². The number of carbonyl (C=O) groups excluding carboxylic acids is 2. The summed E-state index contributed by atoms with van der Waals surface area (Å²) in [6.07, 6.45) is 85.0. The van der Waals surface area contributed by atoms with Crippen molar-refractivity contribution in [3.05, 3.63) is 36.5 Å². The molecule has 6 heteroatoms. The van der Waals surface area contributed by atoms with E-state index in [4.69, 9.17) is 4.74 Å². The van der Waals surface area contributed by atoms with Crippen molar-refractivity contribution in [3.8, 4) is 0 Å². The fourth-order valence-electron chi connectivity index (χ4n) is 10.8. The number of amides is 1. The first kappa shape index (κ1) is 75.1. The number of aliphatic hydroxyl groups is 2. The van der Waals surface area contributed by atoms with Gasteiger partial charge < -0.3 is 20.3 Å². The molecule has 0 spiro atoms. The molecular weight excluding hydrogens is 947 g/mol. The number of ether oxygens (including phenoxy) is 1. The van der Waals surface area contributed by atoms with Gasteiger partial charge in [-0.15, -0.1) is 0 Å². The average Bonchev–Trinajstić information content (AvgIpc) is 3.43. The van der Waals surface area contributed by atoms with Gasteiger partial charge in [-0.05, 0) is 64.2 Å². The van der Waals surface area contributed by atoms with Crippen LogP contribution in [0.3, 0.4) is 0 Å². The van der Waals surface area contributed by atoms with Gasteiger partial charge in [-0.25, -0.2) is 0 Å². The van der Waals surface area contributed by atoms with Gasteiger partial charge in [-0.2, -0.15) is 0 Å². The third-order valence-electron chi connectivity index (χ3n) is 16.2. The predicted molar refractivity (Wildman–Crippen MR) is 338 cm³/mol. The van der Waals surface area contributed by atoms with E-state index in [0.717, 1.165) is 44.9 Å². The SMILES string of the molecule is CCCCCCCCCCCCCCCCCCCCCC/C=C/C(O)C(CO)NC(=O)CCCCCCCCCCC/C=C\C/C=C\CCCCCCCCCCCOC(=O)CCCCCCCCCCCCCCC. The predicted octanol–water partition coefficient (Wildman–Crippen LogP) is 22.3. The molecule has 0 saturated carbocycles. The maximum Gasteiger partial charge on any atom is 0.305 e. The summed E-state index contributed by atoms with van der Waals surface area (Å²) in [5.41, 5.74) is 0. The Morgan fingerprint density at radius 3 is 0.987 bits per heavy atom. The lowest BCUT2D eigenvalue weighted by atomic mass is 10.0. The van der Waals surface area contributed by atoms with Crippen LogP contribution in [0.2, 0.25) is 0 Å². The van der Waals surface area contributed by atoms with Crippen LogP contribution >= 0.6 is 0 Å². The standard InChI is InChI=1S/C71H135NO5/c1-3-5-7-9-11-13-15-17-18-19-20-21-27-30-33-36-40-43-47-51-55-59-63-69(74)68(67-73)72-70(75)64-60-56-52-48-44-41-37-34-31-28-25-23-22-24-26-29-32-35-38-42-46-50-54-58-62-66-77-71(76)65-61-57-53-49-45-39-16-14-12-10-8-6-4-2/h23-26,59,63,68-69,73-74H,3-22,27-58,60-62,64-67H2,1-2H3,(H,72,75)/b25-23-,26-24-,63-59+. The van der Waals surface area contributed by atoms with Crippen LogP contribution in [0.15, 0.2) is 36.5 Å². The van der Waals surface area contributed by atoms with E-state index >= 15 is 0 Å². The smallest absolute Gasteiger partial charge is 0.305 e. The van der Waals surface area contributed by atoms with Gasteiger partial charge in [0.05, 0.1) is 25.4 Å². The van der Waals surface area contributed by atoms with Crippen LogP contribution in [0.5, 0.6) is 0 Å². The first-order chi connectivity index (χ1) is 38.0. The minimum atomic E-state index is -0.850. The van der Waals surface area contributed by atoms with Gasteiger partial charge in [0.15, 0.2) is 0 Å². The van der Waals surface area contributed by atoms with Crippen LogP contribution in [-0.2, 0) is 14.3 Å². The summed E-state index contributed by atoms with van der Waals surface area (Å²) in [7, 11) is 0. The molecule has 0 aromatic rings. The third-order valence-corrected chi connectivity index (χ3v) is 16.2. The van der Waals surface area contributed by atoms with Crippen LogP contribution in [0.25, 0.3) is 0 Å². The molecule has 0 rings (SSSR count). The zero-order chi connectivity index (χ0) is 55.7. The number of allylic oxidation sites excluding steroid dienone is 5. The molecule has 0 bridgehead atoms. The Kier molecular flexibility index (Phi) is 64.9. The van der Waals surface area contributed by atoms with E-state index in [0.29, 0.717) is 19.4 Å². The molecule has 2 unspecified atom stereocenters. The van der Waals surface area contributed by atoms with E-state index in [-0.39, 0.29) is 18.5 Å². The Morgan fingerprint density at radius 2 is 0.649 bits per heavy atom. The number of rotatable bonds is 65. The lowest BCUT2D eigenvalue weighted by Crippen LogP contribution is -2.45. The highest BCUT2D eigenvalue weighted by Crippen LogP contribution is 2.18. The van der Waals surface area contributed by atoms with Gasteiger partial charge in [0.2, 0.25) is 5.91 Å². The minimum Gasteiger partial charge on any atom is -0.466 e. The Bertz CT molecular complexity index is 1250. The van der Waals surface area contributed by atoms with E-state index in [1.807, 2.05) is 6.08 Å². The summed E-state index contributed by atoms with van der Waals surface area (Å²) in [4.78, 5) is 24.6. The second kappa shape index (κ2) is 66.6. The molecule has 0 aliphatic rings. The molecule has 77 heavy (non-hydrogen) atoms. The summed E-state index contributed by atoms with van der Waals surface area (Å²) < 4.78 is 5.48. The van der Waals surface area contributed by atoms with Gasteiger partial charge in [0, 0.05) is 12.8 Å². The minimum absolute atomic E-state index is 0.0105. The number of carbonyl (C=O) groups is 2. The number of unbranched alkanes of at least 4 members (excludes halogenated alkanes) is 50. The quantitative estimate of drug-likeness (QED) is 0.0320. The molecule has 0 saturated heterocycles. The molecule has 1 amide bonds. The van der Waals surface area contributed by atoms with Crippen molar-refractivity contribution < 1.29 is 24.5 Å². The first-order valence-electron chi connectivity index (χ1n) is 34.8. The van der Waals surface area contributed by atoms with Crippen molar-refractivity contribution in [1.29, 1.82) is 0 Å². The average molecular weight is 1080 g/mol. The summed E-state index contributed by atoms with van der Waals surface area (Å²) in [6, 6.07) is -0.634. The summed E-state index contributed by atoms with van der Waals surface area (Å²) in [6.45, 7) is 4.93. The maximum atomic E-state index is 12.5. The summed E-state index contributed by atoms with van der Waals surface area (Å²) >= 11 is 0. The molecule has 0 fully saturated rings. The molecule has 2 atom stereocenters. The number of hydrogen-bond donors (Lipinski definition) is 3. The lowest BCUT2D eigenvalue weighted by Gasteiger charge is -2.20. The topological polar surface area (TPSA) is 95.9 Å². The molecule has 0 aromatic carbocycles. The van der Waals surface area contributed by atoms with Crippen molar-refractivity contribution >= 4 is 11.9 Å². The third kappa shape index (κ3) is 63.1. The van der Waals surface area contributed by atoms with Crippen molar-refractivity contribution in [2.75, 3.05) is 13.2 Å². The van der Waals surface area contributed by atoms with E-state index in [9.17, 15) is 19.8 Å². The van der Waals surface area contributed by atoms with Crippen LogP contribution in [0.1, 0.15) is 380 Å². The molecule has 0 heterocycles. The molecule has 0 aliphatic heterocycles. The Morgan fingerprint density at radius 1 is 0.364 bits per heavy atom. The van der Waals surface area contributed by atoms with E-state index in [2.05, 4.69) is 43.5 Å². The highest BCUT2D eigenvalue weighted by atomic mass is 16.5. The monoisotopic (exact) mass is 1080 g/mol. The summed E-state index contributed by atoms with van der Waals surface area (Å²) in [5.74, 6) is -0.0601. The van der Waals surface area contributed by atoms with Gasteiger partial charge >= 0.3 is 5.97 Å². The highest BCUT2D eigenvalue weighted by Gasteiger charge is 2.18. The molecule has 0 radical (unpaired) electrons. The Balaban J connectivity index is 3.46.